The van der Waals surface area contributed by atoms with Crippen LogP contribution in [0.2, 0.25) is 0 Å². The molecule has 0 spiro atoms. The number of hydrogen-bond acceptors (Lipinski definition) is 5. The van der Waals surface area contributed by atoms with E-state index in [1.165, 1.54) is 24.4 Å². The summed E-state index contributed by atoms with van der Waals surface area (Å²) in [5.74, 6) is 0.168. The third-order valence-corrected chi connectivity index (χ3v) is 6.78. The first-order chi connectivity index (χ1) is 15.8. The number of carbonyl (C=O) groups excluding carboxylic acids is 1. The molecular weight excluding hydrogens is 432 g/mol. The Hall–Kier alpha value is -3.51. The molecule has 0 radical (unpaired) electrons. The van der Waals surface area contributed by atoms with Crippen LogP contribution in [0.5, 0.6) is 11.5 Å². The van der Waals surface area contributed by atoms with Crippen molar-refractivity contribution in [1.82, 2.24) is 0 Å². The molecule has 1 aliphatic rings. The monoisotopic (exact) mass is 458 g/mol. The van der Waals surface area contributed by atoms with Crippen molar-refractivity contribution < 1.29 is 14.6 Å². The van der Waals surface area contributed by atoms with Crippen LogP contribution in [0.25, 0.3) is 6.08 Å². The van der Waals surface area contributed by atoms with E-state index in [1.54, 1.807) is 29.2 Å². The van der Waals surface area contributed by atoms with Crippen LogP contribution in [0.3, 0.4) is 0 Å². The van der Waals surface area contributed by atoms with Crippen LogP contribution in [0.15, 0.2) is 64.5 Å². The number of phenolic OH excluding ortho intramolecular Hbond substituents is 1. The van der Waals surface area contributed by atoms with Crippen LogP contribution in [-0.2, 0) is 4.79 Å². The lowest BCUT2D eigenvalue weighted by molar-refractivity contribution is -0.113. The zero-order valence-electron chi connectivity index (χ0n) is 19.3. The number of rotatable bonds is 4. The molecule has 0 aromatic heterocycles. The first-order valence-corrected chi connectivity index (χ1v) is 11.4. The lowest BCUT2D eigenvalue weighted by Crippen LogP contribution is -2.28. The van der Waals surface area contributed by atoms with Gasteiger partial charge in [-0.1, -0.05) is 24.3 Å². The number of aromatic hydroxyl groups is 1. The van der Waals surface area contributed by atoms with Crippen molar-refractivity contribution in [3.63, 3.8) is 0 Å². The number of amidine groups is 1. The van der Waals surface area contributed by atoms with E-state index in [-0.39, 0.29) is 11.7 Å². The van der Waals surface area contributed by atoms with Crippen molar-refractivity contribution in [1.29, 1.82) is 0 Å². The third-order valence-electron chi connectivity index (χ3n) is 5.81. The number of ether oxygens (including phenoxy) is 1. The number of methoxy groups -OCH3 is 1. The highest BCUT2D eigenvalue weighted by Crippen LogP contribution is 2.40. The Balaban J connectivity index is 1.82. The lowest BCUT2D eigenvalue weighted by atomic mass is 10.1. The summed E-state index contributed by atoms with van der Waals surface area (Å²) in [7, 11) is 1.50. The van der Waals surface area contributed by atoms with Crippen molar-refractivity contribution in [3.8, 4) is 11.5 Å². The molecule has 1 fully saturated rings. The van der Waals surface area contributed by atoms with Gasteiger partial charge < -0.3 is 9.84 Å². The van der Waals surface area contributed by atoms with Gasteiger partial charge in [0.15, 0.2) is 16.7 Å². The molecule has 1 saturated heterocycles. The number of phenols is 1. The van der Waals surface area contributed by atoms with Crippen molar-refractivity contribution in [2.24, 2.45) is 4.99 Å². The highest BCUT2D eigenvalue weighted by atomic mass is 32.2. The molecule has 5 nitrogen and oxygen atoms in total. The van der Waals surface area contributed by atoms with Gasteiger partial charge in [0, 0.05) is 5.56 Å². The second-order valence-corrected chi connectivity index (χ2v) is 9.09. The topological polar surface area (TPSA) is 62.1 Å². The second kappa shape index (κ2) is 9.16. The Morgan fingerprint density at radius 1 is 0.939 bits per heavy atom. The molecule has 0 aliphatic carbocycles. The SMILES string of the molecule is COc1cccc(/C=C2/SC(=Nc3ccc(C)c(C)c3)N(c3ccc(C)c(C)c3)C2=O)c1O. The molecule has 0 saturated carbocycles. The summed E-state index contributed by atoms with van der Waals surface area (Å²) in [6.45, 7) is 8.17. The molecule has 1 amide bonds. The van der Waals surface area contributed by atoms with Gasteiger partial charge in [-0.3, -0.25) is 9.69 Å². The number of carbonyl (C=O) groups is 1. The van der Waals surface area contributed by atoms with Gasteiger partial charge in [0.25, 0.3) is 5.91 Å². The van der Waals surface area contributed by atoms with Crippen molar-refractivity contribution in [3.05, 3.63) is 87.3 Å². The fourth-order valence-corrected chi connectivity index (χ4v) is 4.50. The average Bonchev–Trinajstić information content (AvgIpc) is 3.09. The van der Waals surface area contributed by atoms with E-state index in [0.717, 1.165) is 28.1 Å². The summed E-state index contributed by atoms with van der Waals surface area (Å²) in [5.41, 5.74) is 6.64. The van der Waals surface area contributed by atoms with Crippen LogP contribution in [0.4, 0.5) is 11.4 Å². The molecular formula is C27H26N2O3S. The highest BCUT2D eigenvalue weighted by molar-refractivity contribution is 8.19. The van der Waals surface area contributed by atoms with E-state index in [4.69, 9.17) is 9.73 Å². The van der Waals surface area contributed by atoms with Gasteiger partial charge in [0.1, 0.15) is 0 Å². The fourth-order valence-electron chi connectivity index (χ4n) is 3.51. The Labute approximate surface area is 198 Å². The van der Waals surface area contributed by atoms with Gasteiger partial charge in [-0.15, -0.1) is 0 Å². The summed E-state index contributed by atoms with van der Waals surface area (Å²) in [6.07, 6.45) is 1.68. The number of thioether (sulfide) groups is 1. The number of amides is 1. The first kappa shape index (κ1) is 22.7. The minimum Gasteiger partial charge on any atom is -0.504 e. The Bertz CT molecular complexity index is 1310. The quantitative estimate of drug-likeness (QED) is 0.457. The van der Waals surface area contributed by atoms with E-state index < -0.39 is 0 Å². The summed E-state index contributed by atoms with van der Waals surface area (Å²) < 4.78 is 5.21. The van der Waals surface area contributed by atoms with E-state index >= 15 is 0 Å². The van der Waals surface area contributed by atoms with Crippen LogP contribution < -0.4 is 9.64 Å². The molecule has 1 aliphatic heterocycles. The van der Waals surface area contributed by atoms with Crippen molar-refractivity contribution >= 4 is 40.3 Å². The normalized spacial score (nSPS) is 16.2. The minimum atomic E-state index is -0.187. The Morgan fingerprint density at radius 3 is 2.30 bits per heavy atom. The molecule has 1 N–H and O–H groups in total. The molecule has 4 rings (SSSR count). The maximum absolute atomic E-state index is 13.5. The number of aryl methyl sites for hydroxylation is 4. The Morgan fingerprint density at radius 2 is 1.64 bits per heavy atom. The molecule has 0 bridgehead atoms. The van der Waals surface area contributed by atoms with Crippen molar-refractivity contribution in [2.75, 3.05) is 12.0 Å². The fraction of sp³-hybridized carbons (Fsp3) is 0.185. The number of para-hydroxylation sites is 1. The molecule has 168 valence electrons. The van der Waals surface area contributed by atoms with Gasteiger partial charge >= 0.3 is 0 Å². The average molecular weight is 459 g/mol. The highest BCUT2D eigenvalue weighted by Gasteiger charge is 2.35. The largest absolute Gasteiger partial charge is 0.504 e. The predicted molar refractivity (Wildman–Crippen MR) is 137 cm³/mol. The second-order valence-electron chi connectivity index (χ2n) is 8.08. The summed E-state index contributed by atoms with van der Waals surface area (Å²) in [5, 5.41) is 11.1. The molecule has 1 heterocycles. The molecule has 0 unspecified atom stereocenters. The number of nitrogens with zero attached hydrogens (tertiary/aromatic N) is 2. The van der Waals surface area contributed by atoms with E-state index in [0.29, 0.717) is 21.4 Å². The molecule has 3 aromatic carbocycles. The number of aliphatic imine (C=N–C) groups is 1. The van der Waals surface area contributed by atoms with Crippen molar-refractivity contribution in [2.45, 2.75) is 27.7 Å². The zero-order chi connectivity index (χ0) is 23.7. The van der Waals surface area contributed by atoms with E-state index in [2.05, 4.69) is 6.92 Å². The van der Waals surface area contributed by atoms with E-state index in [9.17, 15) is 9.90 Å². The maximum atomic E-state index is 13.5. The summed E-state index contributed by atoms with van der Waals surface area (Å²) in [6, 6.07) is 17.1. The molecule has 0 atom stereocenters. The lowest BCUT2D eigenvalue weighted by Gasteiger charge is -2.17. The van der Waals surface area contributed by atoms with Gasteiger partial charge in [-0.2, -0.15) is 0 Å². The predicted octanol–water partition coefficient (Wildman–Crippen LogP) is 6.44. The number of anilines is 1. The number of hydrogen-bond donors (Lipinski definition) is 1. The maximum Gasteiger partial charge on any atom is 0.271 e. The van der Waals surface area contributed by atoms with Crippen LogP contribution >= 0.6 is 11.8 Å². The third kappa shape index (κ3) is 4.52. The van der Waals surface area contributed by atoms with Crippen LogP contribution in [0, 0.1) is 27.7 Å². The number of benzene rings is 3. The van der Waals surface area contributed by atoms with Gasteiger partial charge in [0.05, 0.1) is 23.4 Å². The molecule has 33 heavy (non-hydrogen) atoms. The molecule has 6 heteroatoms. The Kier molecular flexibility index (Phi) is 6.29. The first-order valence-electron chi connectivity index (χ1n) is 10.6. The van der Waals surface area contributed by atoms with Gasteiger partial charge in [0.2, 0.25) is 0 Å². The van der Waals surface area contributed by atoms with Crippen LogP contribution in [0.1, 0.15) is 27.8 Å². The van der Waals surface area contributed by atoms with Gasteiger partial charge in [-0.05, 0) is 98.1 Å². The zero-order valence-corrected chi connectivity index (χ0v) is 20.2. The molecule has 3 aromatic rings. The van der Waals surface area contributed by atoms with Gasteiger partial charge in [-0.25, -0.2) is 4.99 Å². The summed E-state index contributed by atoms with van der Waals surface area (Å²) >= 11 is 1.29. The smallest absolute Gasteiger partial charge is 0.271 e. The van der Waals surface area contributed by atoms with E-state index in [1.807, 2.05) is 57.2 Å². The standard InChI is InChI=1S/C27H26N2O3S/c1-16-9-11-21(13-18(16)3)28-27-29(22-12-10-17(2)19(4)14-22)26(31)24(33-27)15-20-7-6-8-23(32-5)25(20)30/h6-15,30H,1-5H3/b24-15+,28-27?. The summed E-state index contributed by atoms with van der Waals surface area (Å²) in [4.78, 5) is 20.5. The minimum absolute atomic E-state index is 0.00169. The van der Waals surface area contributed by atoms with Crippen LogP contribution in [-0.4, -0.2) is 23.3 Å².